The van der Waals surface area contributed by atoms with E-state index in [-0.39, 0.29) is 0 Å². The normalized spacial score (nSPS) is 18.6. The summed E-state index contributed by atoms with van der Waals surface area (Å²) < 4.78 is 0. The van der Waals surface area contributed by atoms with Crippen molar-refractivity contribution in [1.82, 2.24) is 5.32 Å². The highest BCUT2D eigenvalue weighted by Gasteiger charge is 1.98. The molecule has 0 aromatic carbocycles. The quantitative estimate of drug-likeness (QED) is 0.438. The van der Waals surface area contributed by atoms with Gasteiger partial charge in [-0.2, -0.15) is 0 Å². The fourth-order valence-corrected chi connectivity index (χ4v) is 0.584. The Bertz CT molecular complexity index is 89.7. The lowest BCUT2D eigenvalue weighted by atomic mass is 10.1. The van der Waals surface area contributed by atoms with E-state index in [1.165, 1.54) is 0 Å². The van der Waals surface area contributed by atoms with Crippen LogP contribution in [0.25, 0.3) is 0 Å². The van der Waals surface area contributed by atoms with Gasteiger partial charge in [0.2, 0.25) is 0 Å². The number of amidine groups is 1. The van der Waals surface area contributed by atoms with Crippen LogP contribution in [-0.2, 0) is 0 Å². The molecule has 7 heavy (non-hydrogen) atoms. The Kier molecular flexibility index (Phi) is 1.34. The summed E-state index contributed by atoms with van der Waals surface area (Å²) in [6.07, 6.45) is 0.556. The Labute approximate surface area is 44.4 Å². The van der Waals surface area contributed by atoms with Crippen LogP contribution in [0.2, 0.25) is 6.32 Å². The van der Waals surface area contributed by atoms with Crippen molar-refractivity contribution < 1.29 is 0 Å². The van der Waals surface area contributed by atoms with Gasteiger partial charge >= 0.3 is 0 Å². The Hall–Kier alpha value is -0.465. The van der Waals surface area contributed by atoms with Crippen LogP contribution in [0.15, 0.2) is 4.99 Å². The molecule has 0 aromatic heterocycles. The fraction of sp³-hybridized carbons (Fsp3) is 0.750. The molecule has 2 nitrogen and oxygen atoms in total. The van der Waals surface area contributed by atoms with Gasteiger partial charge in [-0.25, -0.2) is 0 Å². The Balaban J connectivity index is 2.36. The maximum Gasteiger partial charge on any atom is 0.0877 e. The molecule has 0 saturated heterocycles. The molecule has 0 unspecified atom stereocenters. The highest BCUT2D eigenvalue weighted by molar-refractivity contribution is 6.21. The Morgan fingerprint density at radius 1 is 1.86 bits per heavy atom. The molecule has 0 fully saturated rings. The van der Waals surface area contributed by atoms with E-state index in [0.29, 0.717) is 6.32 Å². The summed E-state index contributed by atoms with van der Waals surface area (Å²) >= 11 is 0. The number of aliphatic imine (C=N–C) groups is 1. The molecule has 0 spiro atoms. The van der Waals surface area contributed by atoms with Crippen molar-refractivity contribution >= 4 is 13.7 Å². The molecule has 1 aliphatic heterocycles. The Morgan fingerprint density at radius 3 is 3.00 bits per heavy atom. The second-order valence-electron chi connectivity index (χ2n) is 1.46. The van der Waals surface area contributed by atoms with E-state index in [2.05, 4.69) is 10.3 Å². The average molecular weight is 93.9 g/mol. The first-order valence-corrected chi connectivity index (χ1v) is 2.41. The average Bonchev–Trinajstić information content (AvgIpc) is 2.14. The van der Waals surface area contributed by atoms with Crippen LogP contribution in [0.4, 0.5) is 0 Å². The van der Waals surface area contributed by atoms with Crippen molar-refractivity contribution in [2.24, 2.45) is 4.99 Å². The standard InChI is InChI=1S/C4H7BN2/c5-3-4-6-1-2-7-4/h1-3H2,(H,6,7). The monoisotopic (exact) mass is 94.1 g/mol. The first-order valence-electron chi connectivity index (χ1n) is 2.41. The molecule has 1 heterocycles. The van der Waals surface area contributed by atoms with Gasteiger partial charge in [0.05, 0.1) is 20.2 Å². The lowest BCUT2D eigenvalue weighted by molar-refractivity contribution is 0.958. The van der Waals surface area contributed by atoms with Gasteiger partial charge in [-0.1, -0.05) is 0 Å². The molecule has 0 aliphatic carbocycles. The van der Waals surface area contributed by atoms with Crippen LogP contribution in [0, 0.1) is 0 Å². The number of nitrogens with one attached hydrogen (secondary N) is 1. The zero-order valence-corrected chi connectivity index (χ0v) is 4.15. The molecule has 0 saturated carbocycles. The van der Waals surface area contributed by atoms with Gasteiger partial charge in [0, 0.05) is 6.54 Å². The van der Waals surface area contributed by atoms with Crippen LogP contribution in [0.5, 0.6) is 0 Å². The summed E-state index contributed by atoms with van der Waals surface area (Å²) in [6, 6.07) is 0. The van der Waals surface area contributed by atoms with Gasteiger partial charge in [-0.15, -0.1) is 0 Å². The predicted octanol–water partition coefficient (Wildman–Crippen LogP) is -0.425. The topological polar surface area (TPSA) is 24.4 Å². The van der Waals surface area contributed by atoms with Crippen LogP contribution in [0.3, 0.4) is 0 Å². The van der Waals surface area contributed by atoms with Gasteiger partial charge in [0.1, 0.15) is 0 Å². The molecule has 0 atom stereocenters. The van der Waals surface area contributed by atoms with Gasteiger partial charge in [-0.05, 0) is 6.32 Å². The Morgan fingerprint density at radius 2 is 2.71 bits per heavy atom. The van der Waals surface area contributed by atoms with Gasteiger partial charge in [-0.3, -0.25) is 4.99 Å². The molecule has 36 valence electrons. The van der Waals surface area contributed by atoms with Crippen LogP contribution in [0.1, 0.15) is 0 Å². The third-order valence-corrected chi connectivity index (χ3v) is 0.937. The van der Waals surface area contributed by atoms with Gasteiger partial charge < -0.3 is 5.32 Å². The molecular weight excluding hydrogens is 86.9 g/mol. The fourth-order valence-electron chi connectivity index (χ4n) is 0.584. The van der Waals surface area contributed by atoms with E-state index in [1.54, 1.807) is 0 Å². The molecule has 0 aromatic rings. The molecule has 1 N–H and O–H groups in total. The minimum Gasteiger partial charge on any atom is -0.373 e. The summed E-state index contributed by atoms with van der Waals surface area (Å²) in [7, 11) is 5.24. The maximum atomic E-state index is 5.24. The summed E-state index contributed by atoms with van der Waals surface area (Å²) in [5, 5.41) is 3.03. The molecular formula is C4H7BN2. The first-order chi connectivity index (χ1) is 3.43. The predicted molar refractivity (Wildman–Crippen MR) is 30.9 cm³/mol. The molecule has 3 heteroatoms. The summed E-state index contributed by atoms with van der Waals surface area (Å²) in [5.74, 6) is 0.944. The lowest BCUT2D eigenvalue weighted by Crippen LogP contribution is -2.17. The minimum atomic E-state index is 0.556. The number of rotatable bonds is 1. The smallest absolute Gasteiger partial charge is 0.0877 e. The van der Waals surface area contributed by atoms with Crippen molar-refractivity contribution in [3.05, 3.63) is 0 Å². The second kappa shape index (κ2) is 2.00. The zero-order valence-electron chi connectivity index (χ0n) is 4.15. The largest absolute Gasteiger partial charge is 0.373 e. The highest BCUT2D eigenvalue weighted by atomic mass is 15.1. The van der Waals surface area contributed by atoms with E-state index in [9.17, 15) is 0 Å². The van der Waals surface area contributed by atoms with Crippen LogP contribution < -0.4 is 5.32 Å². The molecule has 1 aliphatic rings. The zero-order chi connectivity index (χ0) is 5.11. The molecule has 1 rings (SSSR count). The van der Waals surface area contributed by atoms with Crippen LogP contribution >= 0.6 is 0 Å². The van der Waals surface area contributed by atoms with E-state index >= 15 is 0 Å². The van der Waals surface area contributed by atoms with Crippen molar-refractivity contribution in [2.75, 3.05) is 13.1 Å². The van der Waals surface area contributed by atoms with Gasteiger partial charge in [0.25, 0.3) is 0 Å². The van der Waals surface area contributed by atoms with Crippen molar-refractivity contribution in [1.29, 1.82) is 0 Å². The molecule has 2 radical (unpaired) electrons. The van der Waals surface area contributed by atoms with E-state index < -0.39 is 0 Å². The van der Waals surface area contributed by atoms with E-state index in [0.717, 1.165) is 18.9 Å². The maximum absolute atomic E-state index is 5.24. The number of nitrogens with zero attached hydrogens (tertiary/aromatic N) is 1. The third kappa shape index (κ3) is 0.949. The first kappa shape index (κ1) is 4.69. The second-order valence-corrected chi connectivity index (χ2v) is 1.46. The van der Waals surface area contributed by atoms with Crippen molar-refractivity contribution in [3.8, 4) is 0 Å². The summed E-state index contributed by atoms with van der Waals surface area (Å²) in [4.78, 5) is 4.03. The van der Waals surface area contributed by atoms with Gasteiger partial charge in [0.15, 0.2) is 0 Å². The van der Waals surface area contributed by atoms with Crippen LogP contribution in [-0.4, -0.2) is 26.8 Å². The van der Waals surface area contributed by atoms with Crippen molar-refractivity contribution in [3.63, 3.8) is 0 Å². The summed E-state index contributed by atoms with van der Waals surface area (Å²) in [5.41, 5.74) is 0. The SMILES string of the molecule is [B]CC1=NCCN1. The minimum absolute atomic E-state index is 0.556. The number of hydrogen-bond acceptors (Lipinski definition) is 2. The van der Waals surface area contributed by atoms with Crippen molar-refractivity contribution in [2.45, 2.75) is 6.32 Å². The van der Waals surface area contributed by atoms with E-state index in [1.807, 2.05) is 0 Å². The third-order valence-electron chi connectivity index (χ3n) is 0.937. The lowest BCUT2D eigenvalue weighted by Gasteiger charge is -1.92. The summed E-state index contributed by atoms with van der Waals surface area (Å²) in [6.45, 7) is 1.86. The molecule has 0 amide bonds. The van der Waals surface area contributed by atoms with E-state index in [4.69, 9.17) is 7.85 Å². The number of hydrogen-bond donors (Lipinski definition) is 1. The molecule has 0 bridgehead atoms. The highest BCUT2D eigenvalue weighted by Crippen LogP contribution is 1.86.